The molecule has 0 aromatic heterocycles. The van der Waals surface area contributed by atoms with Gasteiger partial charge in [0.2, 0.25) is 0 Å². The zero-order valence-electron chi connectivity index (χ0n) is 11.1. The summed E-state index contributed by atoms with van der Waals surface area (Å²) < 4.78 is 5.19. The average molecular weight is 249 g/mol. The third-order valence-corrected chi connectivity index (χ3v) is 3.76. The van der Waals surface area contributed by atoms with Crippen LogP contribution in [0.4, 0.5) is 0 Å². The normalized spacial score (nSPS) is 17.9. The quantitative estimate of drug-likeness (QED) is 0.813. The van der Waals surface area contributed by atoms with Crippen molar-refractivity contribution in [3.05, 3.63) is 29.8 Å². The van der Waals surface area contributed by atoms with Crippen LogP contribution < -0.4 is 10.1 Å². The Balaban J connectivity index is 1.73. The molecule has 1 fully saturated rings. The number of aliphatic hydroxyl groups is 1. The van der Waals surface area contributed by atoms with Gasteiger partial charge in [0, 0.05) is 13.1 Å². The van der Waals surface area contributed by atoms with Gasteiger partial charge in [-0.3, -0.25) is 0 Å². The smallest absolute Gasteiger partial charge is 0.119 e. The highest BCUT2D eigenvalue weighted by molar-refractivity contribution is 5.28. The summed E-state index contributed by atoms with van der Waals surface area (Å²) in [6.07, 6.45) is 4.72. The van der Waals surface area contributed by atoms with Crippen molar-refractivity contribution < 1.29 is 9.84 Å². The summed E-state index contributed by atoms with van der Waals surface area (Å²) >= 11 is 0. The van der Waals surface area contributed by atoms with Crippen molar-refractivity contribution in [2.75, 3.05) is 13.7 Å². The predicted octanol–water partition coefficient (Wildman–Crippen LogP) is 2.34. The number of ether oxygens (including phenoxy) is 1. The number of rotatable bonds is 6. The van der Waals surface area contributed by atoms with Crippen molar-refractivity contribution in [3.8, 4) is 5.75 Å². The number of benzene rings is 1. The Bertz CT molecular complexity index is 361. The minimum absolute atomic E-state index is 0.196. The van der Waals surface area contributed by atoms with Gasteiger partial charge in [0.1, 0.15) is 5.75 Å². The molecule has 100 valence electrons. The molecule has 3 heteroatoms. The summed E-state index contributed by atoms with van der Waals surface area (Å²) in [5.41, 5.74) is 1.19. The van der Waals surface area contributed by atoms with Crippen LogP contribution in [0.15, 0.2) is 24.3 Å². The monoisotopic (exact) mass is 249 g/mol. The van der Waals surface area contributed by atoms with E-state index in [-0.39, 0.29) is 6.10 Å². The molecule has 18 heavy (non-hydrogen) atoms. The maximum Gasteiger partial charge on any atom is 0.119 e. The van der Waals surface area contributed by atoms with Crippen LogP contribution in [0.1, 0.15) is 31.2 Å². The molecule has 1 aromatic carbocycles. The van der Waals surface area contributed by atoms with Crippen molar-refractivity contribution in [3.63, 3.8) is 0 Å². The molecule has 3 nitrogen and oxygen atoms in total. The summed E-state index contributed by atoms with van der Waals surface area (Å²) in [7, 11) is 1.68. The number of hydrogen-bond acceptors (Lipinski definition) is 3. The van der Waals surface area contributed by atoms with Gasteiger partial charge in [0.05, 0.1) is 13.2 Å². The van der Waals surface area contributed by atoms with E-state index in [0.29, 0.717) is 12.5 Å². The van der Waals surface area contributed by atoms with E-state index >= 15 is 0 Å². The van der Waals surface area contributed by atoms with Gasteiger partial charge in [-0.1, -0.05) is 25.0 Å². The maximum atomic E-state index is 10.0. The second kappa shape index (κ2) is 6.76. The SMILES string of the molecule is COc1cccc(CNCC(O)C2CCCC2)c1. The van der Waals surface area contributed by atoms with Crippen molar-refractivity contribution in [1.82, 2.24) is 5.32 Å². The Morgan fingerprint density at radius 2 is 2.17 bits per heavy atom. The van der Waals surface area contributed by atoms with Crippen LogP contribution in [0, 0.1) is 5.92 Å². The fourth-order valence-electron chi connectivity index (χ4n) is 2.66. The Morgan fingerprint density at radius 1 is 1.39 bits per heavy atom. The molecule has 1 aliphatic carbocycles. The van der Waals surface area contributed by atoms with E-state index in [2.05, 4.69) is 11.4 Å². The first-order chi connectivity index (χ1) is 8.79. The summed E-state index contributed by atoms with van der Waals surface area (Å²) in [4.78, 5) is 0. The molecule has 2 rings (SSSR count). The molecular formula is C15H23NO2. The fourth-order valence-corrected chi connectivity index (χ4v) is 2.66. The van der Waals surface area contributed by atoms with E-state index < -0.39 is 0 Å². The first kappa shape index (κ1) is 13.4. The second-order valence-corrected chi connectivity index (χ2v) is 5.09. The van der Waals surface area contributed by atoms with Crippen molar-refractivity contribution in [2.24, 2.45) is 5.92 Å². The molecule has 1 saturated carbocycles. The number of aliphatic hydroxyl groups excluding tert-OH is 1. The van der Waals surface area contributed by atoms with E-state index in [1.807, 2.05) is 18.2 Å². The summed E-state index contributed by atoms with van der Waals surface area (Å²) in [6, 6.07) is 8.02. The topological polar surface area (TPSA) is 41.5 Å². The average Bonchev–Trinajstić information content (AvgIpc) is 2.93. The molecule has 0 bridgehead atoms. The minimum Gasteiger partial charge on any atom is -0.497 e. The standard InChI is InChI=1S/C15H23NO2/c1-18-14-8-4-5-12(9-14)10-16-11-15(17)13-6-2-3-7-13/h4-5,8-9,13,15-17H,2-3,6-7,10-11H2,1H3. The van der Waals surface area contributed by atoms with E-state index in [9.17, 15) is 5.11 Å². The molecule has 2 N–H and O–H groups in total. The first-order valence-electron chi connectivity index (χ1n) is 6.81. The van der Waals surface area contributed by atoms with Crippen molar-refractivity contribution in [2.45, 2.75) is 38.3 Å². The van der Waals surface area contributed by atoms with Crippen LogP contribution in [0.25, 0.3) is 0 Å². The van der Waals surface area contributed by atoms with Gasteiger partial charge in [-0.05, 0) is 36.5 Å². The van der Waals surface area contributed by atoms with Gasteiger partial charge in [-0.25, -0.2) is 0 Å². The first-order valence-corrected chi connectivity index (χ1v) is 6.81. The highest BCUT2D eigenvalue weighted by atomic mass is 16.5. The maximum absolute atomic E-state index is 10.0. The van der Waals surface area contributed by atoms with Gasteiger partial charge < -0.3 is 15.2 Å². The van der Waals surface area contributed by atoms with Crippen molar-refractivity contribution >= 4 is 0 Å². The van der Waals surface area contributed by atoms with Crippen LogP contribution in [0.3, 0.4) is 0 Å². The van der Waals surface area contributed by atoms with Crippen LogP contribution in [-0.2, 0) is 6.54 Å². The van der Waals surface area contributed by atoms with Crippen LogP contribution in [-0.4, -0.2) is 24.9 Å². The zero-order chi connectivity index (χ0) is 12.8. The van der Waals surface area contributed by atoms with Gasteiger partial charge >= 0.3 is 0 Å². The van der Waals surface area contributed by atoms with E-state index in [1.54, 1.807) is 7.11 Å². The molecule has 0 aliphatic heterocycles. The number of methoxy groups -OCH3 is 1. The Hall–Kier alpha value is -1.06. The lowest BCUT2D eigenvalue weighted by Gasteiger charge is -2.18. The third-order valence-electron chi connectivity index (χ3n) is 3.76. The van der Waals surface area contributed by atoms with E-state index in [0.717, 1.165) is 12.3 Å². The Morgan fingerprint density at radius 3 is 2.89 bits per heavy atom. The lowest BCUT2D eigenvalue weighted by atomic mass is 10.0. The summed E-state index contributed by atoms with van der Waals surface area (Å²) in [6.45, 7) is 1.46. The van der Waals surface area contributed by atoms with E-state index in [4.69, 9.17) is 4.74 Å². The van der Waals surface area contributed by atoms with Gasteiger partial charge in [0.25, 0.3) is 0 Å². The molecule has 1 unspecified atom stereocenters. The second-order valence-electron chi connectivity index (χ2n) is 5.09. The predicted molar refractivity (Wildman–Crippen MR) is 72.7 cm³/mol. The molecule has 1 aliphatic rings. The van der Waals surface area contributed by atoms with Gasteiger partial charge in [-0.15, -0.1) is 0 Å². The molecule has 1 atom stereocenters. The summed E-state index contributed by atoms with van der Waals surface area (Å²) in [5.74, 6) is 1.38. The van der Waals surface area contributed by atoms with Crippen LogP contribution in [0.5, 0.6) is 5.75 Å². The fraction of sp³-hybridized carbons (Fsp3) is 0.600. The molecule has 0 amide bonds. The van der Waals surface area contributed by atoms with Crippen molar-refractivity contribution in [1.29, 1.82) is 0 Å². The Kier molecular flexibility index (Phi) is 5.02. The highest BCUT2D eigenvalue weighted by Crippen LogP contribution is 2.27. The molecule has 0 saturated heterocycles. The van der Waals surface area contributed by atoms with Gasteiger partial charge in [0.15, 0.2) is 0 Å². The lowest BCUT2D eigenvalue weighted by molar-refractivity contribution is 0.109. The molecule has 0 heterocycles. The molecule has 1 aromatic rings. The largest absolute Gasteiger partial charge is 0.497 e. The molecule has 0 spiro atoms. The number of hydrogen-bond donors (Lipinski definition) is 2. The highest BCUT2D eigenvalue weighted by Gasteiger charge is 2.22. The Labute approximate surface area is 109 Å². The molecular weight excluding hydrogens is 226 g/mol. The third kappa shape index (κ3) is 3.72. The molecule has 0 radical (unpaired) electrons. The van der Waals surface area contributed by atoms with Crippen LogP contribution >= 0.6 is 0 Å². The number of nitrogens with one attached hydrogen (secondary N) is 1. The summed E-state index contributed by atoms with van der Waals surface area (Å²) in [5, 5.41) is 13.4. The zero-order valence-corrected chi connectivity index (χ0v) is 11.1. The minimum atomic E-state index is -0.196. The van der Waals surface area contributed by atoms with Crippen LogP contribution in [0.2, 0.25) is 0 Å². The van der Waals surface area contributed by atoms with Gasteiger partial charge in [-0.2, -0.15) is 0 Å². The lowest BCUT2D eigenvalue weighted by Crippen LogP contribution is -2.31. The van der Waals surface area contributed by atoms with E-state index in [1.165, 1.54) is 31.2 Å².